The molecule has 2 heterocycles. The minimum atomic E-state index is 0.0267. The van der Waals surface area contributed by atoms with E-state index in [1.165, 1.54) is 0 Å². The number of hydrogen-bond donors (Lipinski definition) is 0. The second kappa shape index (κ2) is 3.42. The molecule has 1 atom stereocenters. The zero-order chi connectivity index (χ0) is 9.42. The lowest BCUT2D eigenvalue weighted by Crippen LogP contribution is -2.16. The average Bonchev–Trinajstić information content (AvgIpc) is 2.87. The summed E-state index contributed by atoms with van der Waals surface area (Å²) in [4.78, 5) is 14.6. The molecule has 1 unspecified atom stereocenters. The van der Waals surface area contributed by atoms with E-state index in [2.05, 4.69) is 15.9 Å². The first-order valence-corrected chi connectivity index (χ1v) is 5.83. The van der Waals surface area contributed by atoms with Crippen molar-refractivity contribution >= 4 is 33.2 Å². The van der Waals surface area contributed by atoms with Crippen molar-refractivity contribution < 1.29 is 4.79 Å². The molecule has 1 aliphatic rings. The predicted molar refractivity (Wildman–Crippen MR) is 57.0 cm³/mol. The molecular weight excluding hydrogens is 250 g/mol. The van der Waals surface area contributed by atoms with Gasteiger partial charge < -0.3 is 4.90 Å². The Kier molecular flexibility index (Phi) is 2.43. The minimum absolute atomic E-state index is 0.0267. The van der Waals surface area contributed by atoms with Gasteiger partial charge in [-0.25, -0.2) is 0 Å². The van der Waals surface area contributed by atoms with Crippen LogP contribution in [0.3, 0.4) is 0 Å². The minimum Gasteiger partial charge on any atom is -0.339 e. The molecule has 70 valence electrons. The van der Waals surface area contributed by atoms with Gasteiger partial charge >= 0.3 is 0 Å². The van der Waals surface area contributed by atoms with Gasteiger partial charge in [-0.1, -0.05) is 0 Å². The summed E-state index contributed by atoms with van der Waals surface area (Å²) in [6.45, 7) is 3.85. The van der Waals surface area contributed by atoms with Crippen LogP contribution in [0.5, 0.6) is 0 Å². The lowest BCUT2D eigenvalue weighted by Gasteiger charge is -2.07. The highest BCUT2D eigenvalue weighted by Crippen LogP contribution is 2.30. The van der Waals surface area contributed by atoms with E-state index < -0.39 is 0 Å². The second-order valence-corrected chi connectivity index (χ2v) is 5.68. The third-order valence-electron chi connectivity index (χ3n) is 2.15. The zero-order valence-corrected chi connectivity index (χ0v) is 9.69. The van der Waals surface area contributed by atoms with Crippen molar-refractivity contribution in [2.24, 2.45) is 0 Å². The van der Waals surface area contributed by atoms with Crippen molar-refractivity contribution in [3.05, 3.63) is 20.8 Å². The van der Waals surface area contributed by atoms with Gasteiger partial charge in [-0.2, -0.15) is 0 Å². The number of carbonyl (C=O) groups excluding carboxylic acids is 1. The molecule has 0 N–H and O–H groups in total. The highest BCUT2D eigenvalue weighted by atomic mass is 79.9. The van der Waals surface area contributed by atoms with Gasteiger partial charge in [-0.3, -0.25) is 4.79 Å². The van der Waals surface area contributed by atoms with Crippen LogP contribution in [-0.2, 0) is 4.79 Å². The van der Waals surface area contributed by atoms with Gasteiger partial charge in [0.2, 0.25) is 5.91 Å². The normalized spacial score (nSPS) is 17.2. The molecule has 13 heavy (non-hydrogen) atoms. The monoisotopic (exact) mass is 259 g/mol. The van der Waals surface area contributed by atoms with E-state index in [4.69, 9.17) is 0 Å². The zero-order valence-electron chi connectivity index (χ0n) is 7.29. The molecule has 4 heteroatoms. The Bertz CT molecular complexity index is 332. The topological polar surface area (TPSA) is 20.1 Å². The highest BCUT2D eigenvalue weighted by molar-refractivity contribution is 9.11. The molecule has 1 amide bonds. The van der Waals surface area contributed by atoms with E-state index in [1.807, 2.05) is 24.0 Å². The molecule has 1 aromatic rings. The largest absolute Gasteiger partial charge is 0.339 e. The summed E-state index contributed by atoms with van der Waals surface area (Å²) in [5.41, 5.74) is 0. The summed E-state index contributed by atoms with van der Waals surface area (Å²) in [5, 5.41) is 0. The van der Waals surface area contributed by atoms with Crippen LogP contribution in [0.15, 0.2) is 15.9 Å². The summed E-state index contributed by atoms with van der Waals surface area (Å²) < 4.78 is 1.09. The predicted octanol–water partition coefficient (Wildman–Crippen LogP) is 2.46. The molecular formula is C9H10BrNOS. The number of thiophene rings is 1. The third kappa shape index (κ3) is 1.94. The molecule has 2 nitrogen and oxygen atoms in total. The molecule has 0 saturated carbocycles. The quantitative estimate of drug-likeness (QED) is 0.748. The standard InChI is InChI=1S/C9H10BrNOS/c1-6(9(12)11-4-5-11)7-2-3-8(10)13-7/h2-3,6H,4-5H2,1H3. The van der Waals surface area contributed by atoms with E-state index in [-0.39, 0.29) is 11.8 Å². The molecule has 2 rings (SSSR count). The van der Waals surface area contributed by atoms with E-state index in [9.17, 15) is 4.79 Å². The van der Waals surface area contributed by atoms with Crippen molar-refractivity contribution in [3.8, 4) is 0 Å². The van der Waals surface area contributed by atoms with Crippen LogP contribution in [-0.4, -0.2) is 23.9 Å². The van der Waals surface area contributed by atoms with Crippen molar-refractivity contribution in [2.75, 3.05) is 13.1 Å². The van der Waals surface area contributed by atoms with Gasteiger partial charge in [0.25, 0.3) is 0 Å². The Morgan fingerprint density at radius 2 is 2.31 bits per heavy atom. The van der Waals surface area contributed by atoms with Crippen molar-refractivity contribution in [1.82, 2.24) is 4.90 Å². The van der Waals surface area contributed by atoms with Gasteiger partial charge in [0.05, 0.1) is 9.70 Å². The van der Waals surface area contributed by atoms with Gasteiger partial charge in [0.1, 0.15) is 0 Å². The summed E-state index contributed by atoms with van der Waals surface area (Å²) in [5.74, 6) is 0.285. The second-order valence-electron chi connectivity index (χ2n) is 3.19. The third-order valence-corrected chi connectivity index (χ3v) is 3.96. The number of hydrogen-bond acceptors (Lipinski definition) is 2. The average molecular weight is 260 g/mol. The number of nitrogens with zero attached hydrogens (tertiary/aromatic N) is 1. The molecule has 0 spiro atoms. The Balaban J connectivity index is 2.11. The van der Waals surface area contributed by atoms with Crippen LogP contribution in [0.25, 0.3) is 0 Å². The summed E-state index contributed by atoms with van der Waals surface area (Å²) >= 11 is 5.03. The summed E-state index contributed by atoms with van der Waals surface area (Å²) in [6, 6.07) is 4.01. The van der Waals surface area contributed by atoms with E-state index in [0.717, 1.165) is 21.8 Å². The van der Waals surface area contributed by atoms with Gasteiger partial charge in [-0.15, -0.1) is 11.3 Å². The van der Waals surface area contributed by atoms with Crippen LogP contribution in [0.2, 0.25) is 0 Å². The Morgan fingerprint density at radius 3 is 2.77 bits per heavy atom. The van der Waals surface area contributed by atoms with E-state index >= 15 is 0 Å². The fraction of sp³-hybridized carbons (Fsp3) is 0.444. The van der Waals surface area contributed by atoms with Gasteiger partial charge in [0, 0.05) is 18.0 Å². The maximum atomic E-state index is 11.6. The molecule has 0 aliphatic carbocycles. The number of amides is 1. The molecule has 0 bridgehead atoms. The van der Waals surface area contributed by atoms with Crippen LogP contribution >= 0.6 is 27.3 Å². The fourth-order valence-corrected chi connectivity index (χ4v) is 2.69. The van der Waals surface area contributed by atoms with Gasteiger partial charge in [0.15, 0.2) is 0 Å². The maximum Gasteiger partial charge on any atom is 0.230 e. The van der Waals surface area contributed by atoms with Crippen LogP contribution in [0.4, 0.5) is 0 Å². The Morgan fingerprint density at radius 1 is 1.62 bits per heavy atom. The molecule has 1 aromatic heterocycles. The molecule has 1 aliphatic heterocycles. The Labute approximate surface area is 89.7 Å². The smallest absolute Gasteiger partial charge is 0.230 e. The van der Waals surface area contributed by atoms with E-state index in [0.29, 0.717) is 0 Å². The van der Waals surface area contributed by atoms with Crippen molar-refractivity contribution in [2.45, 2.75) is 12.8 Å². The SMILES string of the molecule is CC(C(=O)N1CC1)c1ccc(Br)s1. The molecule has 0 aromatic carbocycles. The first-order valence-electron chi connectivity index (χ1n) is 4.22. The van der Waals surface area contributed by atoms with Gasteiger partial charge in [-0.05, 0) is 35.0 Å². The van der Waals surface area contributed by atoms with Crippen molar-refractivity contribution in [1.29, 1.82) is 0 Å². The lowest BCUT2D eigenvalue weighted by molar-refractivity contribution is -0.126. The summed E-state index contributed by atoms with van der Waals surface area (Å²) in [6.07, 6.45) is 0. The highest BCUT2D eigenvalue weighted by Gasteiger charge is 2.29. The van der Waals surface area contributed by atoms with Crippen LogP contribution in [0.1, 0.15) is 17.7 Å². The first kappa shape index (κ1) is 9.21. The van der Waals surface area contributed by atoms with Crippen LogP contribution in [0, 0.1) is 0 Å². The van der Waals surface area contributed by atoms with E-state index in [1.54, 1.807) is 11.3 Å². The van der Waals surface area contributed by atoms with Crippen LogP contribution < -0.4 is 0 Å². The summed E-state index contributed by atoms with van der Waals surface area (Å²) in [7, 11) is 0. The fourth-order valence-electron chi connectivity index (χ4n) is 1.23. The number of halogens is 1. The Hall–Kier alpha value is -0.350. The molecule has 0 radical (unpaired) electrons. The molecule has 1 fully saturated rings. The number of carbonyl (C=O) groups is 1. The maximum absolute atomic E-state index is 11.6. The molecule has 1 saturated heterocycles. The first-order chi connectivity index (χ1) is 6.18. The lowest BCUT2D eigenvalue weighted by atomic mass is 10.1. The number of rotatable bonds is 2. The van der Waals surface area contributed by atoms with Crippen molar-refractivity contribution in [3.63, 3.8) is 0 Å².